The first-order valence-electron chi connectivity index (χ1n) is 9.89. The lowest BCUT2D eigenvalue weighted by molar-refractivity contribution is -0.147. The van der Waals surface area contributed by atoms with E-state index in [1.54, 1.807) is 6.92 Å². The van der Waals surface area contributed by atoms with E-state index in [1.807, 2.05) is 37.3 Å². The molecule has 2 saturated carbocycles. The van der Waals surface area contributed by atoms with Crippen LogP contribution in [0.3, 0.4) is 0 Å². The summed E-state index contributed by atoms with van der Waals surface area (Å²) in [5.41, 5.74) is 0.994. The molecule has 0 unspecified atom stereocenters. The number of imide groups is 1. The third kappa shape index (κ3) is 2.33. The molecular formula is C22H24N2O3. The predicted molar refractivity (Wildman–Crippen MR) is 99.0 cm³/mol. The van der Waals surface area contributed by atoms with Crippen molar-refractivity contribution in [1.82, 2.24) is 10.2 Å². The molecule has 0 radical (unpaired) electrons. The highest BCUT2D eigenvalue weighted by Gasteiger charge is 2.67. The molecule has 1 heterocycles. The van der Waals surface area contributed by atoms with Crippen LogP contribution >= 0.6 is 0 Å². The largest absolute Gasteiger partial charge is 0.348 e. The molecule has 1 saturated heterocycles. The van der Waals surface area contributed by atoms with Gasteiger partial charge in [0.15, 0.2) is 0 Å². The van der Waals surface area contributed by atoms with Crippen molar-refractivity contribution in [1.29, 1.82) is 0 Å². The zero-order valence-electron chi connectivity index (χ0n) is 15.5. The fourth-order valence-corrected chi connectivity index (χ4v) is 5.64. The fraction of sp³-hybridized carbons (Fsp3) is 0.500. The van der Waals surface area contributed by atoms with E-state index in [1.165, 1.54) is 4.90 Å². The minimum absolute atomic E-state index is 0.148. The third-order valence-corrected chi connectivity index (χ3v) is 7.12. The summed E-state index contributed by atoms with van der Waals surface area (Å²) < 4.78 is 0. The van der Waals surface area contributed by atoms with E-state index >= 15 is 0 Å². The number of hydrogen-bond donors (Lipinski definition) is 1. The highest BCUT2D eigenvalue weighted by atomic mass is 16.2. The van der Waals surface area contributed by atoms with Gasteiger partial charge in [0.2, 0.25) is 17.7 Å². The Balaban J connectivity index is 1.34. The number of likely N-dealkylation sites (tertiary alicyclic amines) is 1. The van der Waals surface area contributed by atoms with E-state index in [2.05, 4.69) is 17.5 Å². The van der Waals surface area contributed by atoms with Crippen LogP contribution in [0.4, 0.5) is 0 Å². The molecule has 27 heavy (non-hydrogen) atoms. The van der Waals surface area contributed by atoms with Crippen LogP contribution in [-0.4, -0.2) is 28.7 Å². The quantitative estimate of drug-likeness (QED) is 0.659. The molecule has 0 spiro atoms. The first-order chi connectivity index (χ1) is 13.0. The van der Waals surface area contributed by atoms with Crippen molar-refractivity contribution in [3.63, 3.8) is 0 Å². The molecule has 0 aromatic heterocycles. The fourth-order valence-electron chi connectivity index (χ4n) is 5.64. The van der Waals surface area contributed by atoms with Crippen molar-refractivity contribution in [2.45, 2.75) is 32.4 Å². The molecule has 5 nitrogen and oxygen atoms in total. The van der Waals surface area contributed by atoms with Crippen molar-refractivity contribution >= 4 is 17.7 Å². The van der Waals surface area contributed by atoms with Gasteiger partial charge in [-0.2, -0.15) is 0 Å². The van der Waals surface area contributed by atoms with Crippen molar-refractivity contribution in [2.24, 2.45) is 35.5 Å². The number of hydrogen-bond acceptors (Lipinski definition) is 3. The summed E-state index contributed by atoms with van der Waals surface area (Å²) in [5, 5.41) is 2.95. The molecule has 6 rings (SSSR count). The summed E-state index contributed by atoms with van der Waals surface area (Å²) in [4.78, 5) is 40.2. The number of rotatable bonds is 4. The van der Waals surface area contributed by atoms with Crippen molar-refractivity contribution < 1.29 is 14.4 Å². The topological polar surface area (TPSA) is 66.5 Å². The van der Waals surface area contributed by atoms with Crippen LogP contribution in [0.1, 0.15) is 31.9 Å². The SMILES string of the molecule is C[C@H](C(=O)N[C@H](C)c1ccccc1)N1C(=O)[C@@H]2[C@@H]3C=C[C@H]([C@H]4C[C@H]34)[C@@H]2C1=O. The highest BCUT2D eigenvalue weighted by molar-refractivity contribution is 6.09. The van der Waals surface area contributed by atoms with Gasteiger partial charge in [-0.25, -0.2) is 0 Å². The number of amides is 3. The van der Waals surface area contributed by atoms with Crippen molar-refractivity contribution in [3.8, 4) is 0 Å². The first-order valence-corrected chi connectivity index (χ1v) is 9.89. The minimum Gasteiger partial charge on any atom is -0.348 e. The van der Waals surface area contributed by atoms with Gasteiger partial charge in [0.1, 0.15) is 6.04 Å². The summed E-state index contributed by atoms with van der Waals surface area (Å²) in [6, 6.07) is 8.72. The van der Waals surface area contributed by atoms with Gasteiger partial charge in [-0.05, 0) is 49.5 Å². The van der Waals surface area contributed by atoms with Crippen LogP contribution in [0, 0.1) is 35.5 Å². The number of nitrogens with zero attached hydrogens (tertiary/aromatic N) is 1. The number of benzene rings is 1. The second kappa shape index (κ2) is 5.78. The second-order valence-corrected chi connectivity index (χ2v) is 8.52. The number of allylic oxidation sites excluding steroid dienone is 2. The minimum atomic E-state index is -0.780. The Morgan fingerprint density at radius 2 is 1.56 bits per heavy atom. The Morgan fingerprint density at radius 3 is 2.11 bits per heavy atom. The average molecular weight is 364 g/mol. The zero-order valence-corrected chi connectivity index (χ0v) is 15.5. The Hall–Kier alpha value is -2.43. The van der Waals surface area contributed by atoms with Gasteiger partial charge in [-0.15, -0.1) is 0 Å². The normalized spacial score (nSPS) is 37.6. The number of carbonyl (C=O) groups is 3. The van der Waals surface area contributed by atoms with Gasteiger partial charge < -0.3 is 5.32 Å². The molecule has 4 aliphatic carbocycles. The Labute approximate surface area is 158 Å². The monoisotopic (exact) mass is 364 g/mol. The molecule has 8 atom stereocenters. The Bertz CT molecular complexity index is 812. The zero-order chi connectivity index (χ0) is 18.9. The molecule has 1 aromatic rings. The predicted octanol–water partition coefficient (Wildman–Crippen LogP) is 2.31. The maximum absolute atomic E-state index is 13.1. The van der Waals surface area contributed by atoms with Crippen LogP contribution in [0.15, 0.2) is 42.5 Å². The summed E-state index contributed by atoms with van der Waals surface area (Å²) in [6.07, 6.45) is 5.44. The van der Waals surface area contributed by atoms with Gasteiger partial charge in [0.05, 0.1) is 17.9 Å². The highest BCUT2D eigenvalue weighted by Crippen LogP contribution is 2.65. The van der Waals surface area contributed by atoms with Crippen LogP contribution in [0.2, 0.25) is 0 Å². The number of nitrogens with one attached hydrogen (secondary N) is 1. The molecule has 2 bridgehead atoms. The smallest absolute Gasteiger partial charge is 0.243 e. The van der Waals surface area contributed by atoms with Crippen LogP contribution < -0.4 is 5.32 Å². The van der Waals surface area contributed by atoms with Gasteiger partial charge in [-0.3, -0.25) is 19.3 Å². The molecule has 3 fully saturated rings. The van der Waals surface area contributed by atoms with E-state index < -0.39 is 6.04 Å². The van der Waals surface area contributed by atoms with Gasteiger partial charge >= 0.3 is 0 Å². The van der Waals surface area contributed by atoms with E-state index in [4.69, 9.17) is 0 Å². The summed E-state index contributed by atoms with van der Waals surface area (Å²) >= 11 is 0. The average Bonchev–Trinajstić information content (AvgIpc) is 3.46. The molecule has 1 aliphatic heterocycles. The second-order valence-electron chi connectivity index (χ2n) is 8.52. The molecule has 140 valence electrons. The van der Waals surface area contributed by atoms with Gasteiger partial charge in [-0.1, -0.05) is 42.5 Å². The molecular weight excluding hydrogens is 340 g/mol. The van der Waals surface area contributed by atoms with Crippen molar-refractivity contribution in [3.05, 3.63) is 48.0 Å². The molecule has 1 N–H and O–H groups in total. The Morgan fingerprint density at radius 1 is 1.00 bits per heavy atom. The lowest BCUT2D eigenvalue weighted by Gasteiger charge is -2.37. The standard InChI is InChI=1S/C22H24N2O3/c1-11(13-6-4-3-5-7-13)23-20(25)12(2)24-21(26)18-14-8-9-15(17-10-16(14)17)19(18)22(24)27/h3-9,11-12,14-19H,10H2,1-2H3,(H,23,25)/t11-,12-,14-,15-,16-,17-,18-,19+/m1/s1. The van der Waals surface area contributed by atoms with E-state index in [0.29, 0.717) is 11.8 Å². The van der Waals surface area contributed by atoms with E-state index in [-0.39, 0.29) is 47.4 Å². The van der Waals surface area contributed by atoms with Gasteiger partial charge in [0, 0.05) is 0 Å². The lowest BCUT2D eigenvalue weighted by atomic mass is 9.63. The molecule has 3 amide bonds. The maximum Gasteiger partial charge on any atom is 0.243 e. The molecule has 5 aliphatic rings. The van der Waals surface area contributed by atoms with Crippen molar-refractivity contribution in [2.75, 3.05) is 0 Å². The number of carbonyl (C=O) groups excluding carboxylic acids is 3. The van der Waals surface area contributed by atoms with E-state index in [9.17, 15) is 14.4 Å². The molecule has 1 aromatic carbocycles. The summed E-state index contributed by atoms with van der Waals surface area (Å²) in [6.45, 7) is 3.57. The summed E-state index contributed by atoms with van der Waals surface area (Å²) in [5.74, 6) is 0.429. The Kier molecular flexibility index (Phi) is 3.58. The maximum atomic E-state index is 13.1. The summed E-state index contributed by atoms with van der Waals surface area (Å²) in [7, 11) is 0. The molecule has 5 heteroatoms. The van der Waals surface area contributed by atoms with Crippen LogP contribution in [0.25, 0.3) is 0 Å². The van der Waals surface area contributed by atoms with Crippen LogP contribution in [0.5, 0.6) is 0 Å². The van der Waals surface area contributed by atoms with Crippen LogP contribution in [-0.2, 0) is 14.4 Å². The first kappa shape index (κ1) is 16.7. The lowest BCUT2D eigenvalue weighted by Crippen LogP contribution is -2.49. The van der Waals surface area contributed by atoms with Gasteiger partial charge in [0.25, 0.3) is 0 Å². The van der Waals surface area contributed by atoms with E-state index in [0.717, 1.165) is 12.0 Å². The third-order valence-electron chi connectivity index (χ3n) is 7.12.